The molecule has 1 atom stereocenters. The van der Waals surface area contributed by atoms with Gasteiger partial charge in [-0.25, -0.2) is 4.39 Å². The van der Waals surface area contributed by atoms with Gasteiger partial charge >= 0.3 is 0 Å². The second kappa shape index (κ2) is 3.68. The van der Waals surface area contributed by atoms with Gasteiger partial charge < -0.3 is 5.11 Å². The molecule has 0 fully saturated rings. The summed E-state index contributed by atoms with van der Waals surface area (Å²) in [4.78, 5) is 0. The Kier molecular flexibility index (Phi) is 2.82. The predicted molar refractivity (Wildman–Crippen MR) is 46.4 cm³/mol. The van der Waals surface area contributed by atoms with Crippen molar-refractivity contribution in [2.45, 2.75) is 26.4 Å². The van der Waals surface area contributed by atoms with Crippen LogP contribution in [0.1, 0.15) is 31.1 Å². The van der Waals surface area contributed by atoms with E-state index in [1.54, 1.807) is 13.0 Å². The van der Waals surface area contributed by atoms with Gasteiger partial charge in [-0.3, -0.25) is 0 Å². The number of rotatable bonds is 2. The molecule has 1 unspecified atom stereocenters. The molecule has 2 heteroatoms. The van der Waals surface area contributed by atoms with Crippen LogP contribution in [0.25, 0.3) is 0 Å². The van der Waals surface area contributed by atoms with Crippen molar-refractivity contribution in [3.8, 4) is 0 Å². The third-order valence-corrected chi connectivity index (χ3v) is 1.94. The quantitative estimate of drug-likeness (QED) is 0.719. The number of hydrogen-bond donors (Lipinski definition) is 1. The van der Waals surface area contributed by atoms with E-state index in [4.69, 9.17) is 0 Å². The van der Waals surface area contributed by atoms with Crippen molar-refractivity contribution in [3.05, 3.63) is 35.1 Å². The van der Waals surface area contributed by atoms with Gasteiger partial charge in [0, 0.05) is 0 Å². The average Bonchev–Trinajstić information content (AvgIpc) is 2.03. The molecular weight excluding hydrogens is 155 g/mol. The first kappa shape index (κ1) is 9.20. The molecule has 0 aliphatic rings. The molecule has 66 valence electrons. The third-order valence-electron chi connectivity index (χ3n) is 1.94. The highest BCUT2D eigenvalue weighted by molar-refractivity contribution is 5.29. The molecule has 0 aliphatic heterocycles. The molecule has 0 saturated carbocycles. The number of aryl methyl sites for hydroxylation is 1. The lowest BCUT2D eigenvalue weighted by atomic mass is 10.0. The van der Waals surface area contributed by atoms with Crippen LogP contribution in [0.2, 0.25) is 0 Å². The lowest BCUT2D eigenvalue weighted by Gasteiger charge is -2.09. The second-order valence-electron chi connectivity index (χ2n) is 2.87. The molecule has 1 N–H and O–H groups in total. The van der Waals surface area contributed by atoms with Gasteiger partial charge in [0.25, 0.3) is 0 Å². The van der Waals surface area contributed by atoms with Gasteiger partial charge in [0.1, 0.15) is 5.82 Å². The molecule has 1 nitrogen and oxygen atoms in total. The van der Waals surface area contributed by atoms with Crippen LogP contribution in [-0.2, 0) is 6.42 Å². The van der Waals surface area contributed by atoms with Gasteiger partial charge in [-0.15, -0.1) is 0 Å². The Labute approximate surface area is 71.9 Å². The summed E-state index contributed by atoms with van der Waals surface area (Å²) < 4.78 is 12.7. The molecule has 0 radical (unpaired) electrons. The van der Waals surface area contributed by atoms with Gasteiger partial charge in [-0.2, -0.15) is 0 Å². The van der Waals surface area contributed by atoms with E-state index in [1.165, 1.54) is 12.1 Å². The smallest absolute Gasteiger partial charge is 0.123 e. The number of benzene rings is 1. The maximum atomic E-state index is 12.7. The van der Waals surface area contributed by atoms with Crippen LogP contribution in [0.15, 0.2) is 18.2 Å². The lowest BCUT2D eigenvalue weighted by Crippen LogP contribution is -1.97. The number of halogens is 1. The zero-order valence-corrected chi connectivity index (χ0v) is 7.34. The molecule has 0 aromatic heterocycles. The minimum absolute atomic E-state index is 0.240. The van der Waals surface area contributed by atoms with Crippen LogP contribution in [0.3, 0.4) is 0 Å². The van der Waals surface area contributed by atoms with Gasteiger partial charge in [0.2, 0.25) is 0 Å². The molecule has 0 amide bonds. The summed E-state index contributed by atoms with van der Waals surface area (Å²) >= 11 is 0. The molecule has 0 spiro atoms. The monoisotopic (exact) mass is 168 g/mol. The van der Waals surface area contributed by atoms with Gasteiger partial charge in [0.05, 0.1) is 6.10 Å². The molecule has 1 aromatic carbocycles. The molecule has 0 saturated heterocycles. The maximum Gasteiger partial charge on any atom is 0.123 e. The Morgan fingerprint density at radius 2 is 2.17 bits per heavy atom. The van der Waals surface area contributed by atoms with E-state index in [-0.39, 0.29) is 5.82 Å². The first-order valence-electron chi connectivity index (χ1n) is 4.11. The fourth-order valence-corrected chi connectivity index (χ4v) is 1.29. The van der Waals surface area contributed by atoms with Gasteiger partial charge in [-0.1, -0.05) is 13.0 Å². The van der Waals surface area contributed by atoms with E-state index < -0.39 is 6.10 Å². The number of aliphatic hydroxyl groups is 1. The number of aliphatic hydroxyl groups excluding tert-OH is 1. The lowest BCUT2D eigenvalue weighted by molar-refractivity contribution is 0.198. The van der Waals surface area contributed by atoms with Gasteiger partial charge in [-0.05, 0) is 36.6 Å². The van der Waals surface area contributed by atoms with E-state index in [1.807, 2.05) is 6.92 Å². The highest BCUT2D eigenvalue weighted by Crippen LogP contribution is 2.18. The van der Waals surface area contributed by atoms with E-state index in [0.717, 1.165) is 17.5 Å². The summed E-state index contributed by atoms with van der Waals surface area (Å²) in [6, 6.07) is 4.49. The Bertz CT molecular complexity index is 269. The predicted octanol–water partition coefficient (Wildman–Crippen LogP) is 2.44. The van der Waals surface area contributed by atoms with Crippen molar-refractivity contribution < 1.29 is 9.50 Å². The van der Waals surface area contributed by atoms with E-state index in [0.29, 0.717) is 0 Å². The summed E-state index contributed by atoms with van der Waals surface area (Å²) in [7, 11) is 0. The molecule has 12 heavy (non-hydrogen) atoms. The summed E-state index contributed by atoms with van der Waals surface area (Å²) in [5, 5.41) is 9.30. The molecular formula is C10H13FO. The molecule has 0 bridgehead atoms. The van der Waals surface area contributed by atoms with Crippen molar-refractivity contribution in [1.82, 2.24) is 0 Å². The summed E-state index contributed by atoms with van der Waals surface area (Å²) in [5.41, 5.74) is 1.70. The topological polar surface area (TPSA) is 20.2 Å². The highest BCUT2D eigenvalue weighted by atomic mass is 19.1. The normalized spacial score (nSPS) is 13.0. The zero-order valence-electron chi connectivity index (χ0n) is 7.34. The van der Waals surface area contributed by atoms with E-state index in [2.05, 4.69) is 0 Å². The molecule has 0 heterocycles. The Balaban J connectivity index is 3.11. The van der Waals surface area contributed by atoms with Crippen LogP contribution in [0, 0.1) is 5.82 Å². The fraction of sp³-hybridized carbons (Fsp3) is 0.400. The fourth-order valence-electron chi connectivity index (χ4n) is 1.29. The molecule has 1 rings (SSSR count). The Morgan fingerprint density at radius 3 is 2.67 bits per heavy atom. The first-order valence-corrected chi connectivity index (χ1v) is 4.11. The van der Waals surface area contributed by atoms with Crippen LogP contribution in [0.4, 0.5) is 4.39 Å². The average molecular weight is 168 g/mol. The van der Waals surface area contributed by atoms with Crippen LogP contribution >= 0.6 is 0 Å². The van der Waals surface area contributed by atoms with Crippen LogP contribution in [0.5, 0.6) is 0 Å². The largest absolute Gasteiger partial charge is 0.389 e. The minimum atomic E-state index is -0.513. The standard InChI is InChI=1S/C10H13FO/c1-3-8-6-9(11)4-5-10(8)7(2)12/h4-7,12H,3H2,1-2H3. The highest BCUT2D eigenvalue weighted by Gasteiger charge is 2.06. The SMILES string of the molecule is CCc1cc(F)ccc1C(C)O. The third kappa shape index (κ3) is 1.83. The minimum Gasteiger partial charge on any atom is -0.389 e. The molecule has 1 aromatic rings. The Hall–Kier alpha value is -0.890. The summed E-state index contributed by atoms with van der Waals surface area (Å²) in [6.07, 6.45) is 0.235. The van der Waals surface area contributed by atoms with Crippen LogP contribution < -0.4 is 0 Å². The van der Waals surface area contributed by atoms with Crippen molar-refractivity contribution >= 4 is 0 Å². The van der Waals surface area contributed by atoms with Crippen molar-refractivity contribution in [1.29, 1.82) is 0 Å². The van der Waals surface area contributed by atoms with Crippen molar-refractivity contribution in [3.63, 3.8) is 0 Å². The van der Waals surface area contributed by atoms with Gasteiger partial charge in [0.15, 0.2) is 0 Å². The molecule has 0 aliphatic carbocycles. The summed E-state index contributed by atoms with van der Waals surface area (Å²) in [5.74, 6) is -0.240. The van der Waals surface area contributed by atoms with Crippen molar-refractivity contribution in [2.24, 2.45) is 0 Å². The maximum absolute atomic E-state index is 12.7. The van der Waals surface area contributed by atoms with Crippen LogP contribution in [-0.4, -0.2) is 5.11 Å². The van der Waals surface area contributed by atoms with E-state index >= 15 is 0 Å². The summed E-state index contributed by atoms with van der Waals surface area (Å²) in [6.45, 7) is 3.63. The number of hydrogen-bond acceptors (Lipinski definition) is 1. The van der Waals surface area contributed by atoms with Crippen molar-refractivity contribution in [2.75, 3.05) is 0 Å². The Morgan fingerprint density at radius 1 is 1.50 bits per heavy atom. The first-order chi connectivity index (χ1) is 5.65. The van der Waals surface area contributed by atoms with E-state index in [9.17, 15) is 9.50 Å². The zero-order chi connectivity index (χ0) is 9.14. The second-order valence-corrected chi connectivity index (χ2v) is 2.87.